The van der Waals surface area contributed by atoms with Gasteiger partial charge in [-0.05, 0) is 42.8 Å². The predicted molar refractivity (Wildman–Crippen MR) is 97.4 cm³/mol. The molecular formula is C17H19ClN2O4S. The van der Waals surface area contributed by atoms with Gasteiger partial charge in [-0.25, -0.2) is 13.1 Å². The highest BCUT2D eigenvalue weighted by atomic mass is 35.5. The number of halogens is 1. The summed E-state index contributed by atoms with van der Waals surface area (Å²) in [7, 11) is -3.75. The first kappa shape index (κ1) is 19.2. The van der Waals surface area contributed by atoms with E-state index in [1.807, 2.05) is 0 Å². The minimum Gasteiger partial charge on any atom is -0.492 e. The van der Waals surface area contributed by atoms with Gasteiger partial charge in [-0.2, -0.15) is 0 Å². The lowest BCUT2D eigenvalue weighted by Crippen LogP contribution is -2.23. The quantitative estimate of drug-likeness (QED) is 0.770. The van der Waals surface area contributed by atoms with Crippen molar-refractivity contribution in [3.05, 3.63) is 53.1 Å². The maximum Gasteiger partial charge on any atom is 0.240 e. The molecule has 2 aromatic rings. The van der Waals surface area contributed by atoms with E-state index in [9.17, 15) is 13.2 Å². The fourth-order valence-electron chi connectivity index (χ4n) is 2.11. The lowest BCUT2D eigenvalue weighted by atomic mass is 10.2. The lowest BCUT2D eigenvalue weighted by Gasteiger charge is -2.13. The average molecular weight is 383 g/mol. The molecule has 2 N–H and O–H groups in total. The molecule has 2 aromatic carbocycles. The van der Waals surface area contributed by atoms with Gasteiger partial charge >= 0.3 is 0 Å². The van der Waals surface area contributed by atoms with Gasteiger partial charge in [-0.1, -0.05) is 23.7 Å². The Kier molecular flexibility index (Phi) is 6.41. The Hall–Kier alpha value is -2.09. The fraction of sp³-hybridized carbons (Fsp3) is 0.235. The first-order chi connectivity index (χ1) is 11.8. The number of amides is 1. The van der Waals surface area contributed by atoms with Gasteiger partial charge in [0, 0.05) is 18.5 Å². The summed E-state index contributed by atoms with van der Waals surface area (Å²) in [6.45, 7) is 3.67. The molecule has 0 aliphatic heterocycles. The van der Waals surface area contributed by atoms with Crippen molar-refractivity contribution in [1.82, 2.24) is 4.72 Å². The van der Waals surface area contributed by atoms with Gasteiger partial charge in [0.05, 0.1) is 17.2 Å². The number of carbonyl (C=O) groups is 1. The van der Waals surface area contributed by atoms with Crippen molar-refractivity contribution in [3.63, 3.8) is 0 Å². The third kappa shape index (κ3) is 5.45. The molecule has 0 aliphatic rings. The molecule has 0 unspecified atom stereocenters. The maximum absolute atomic E-state index is 12.5. The van der Waals surface area contributed by atoms with Crippen LogP contribution in [0.3, 0.4) is 0 Å². The summed E-state index contributed by atoms with van der Waals surface area (Å²) < 4.78 is 32.9. The Balaban J connectivity index is 2.22. The Morgan fingerprint density at radius 3 is 2.44 bits per heavy atom. The van der Waals surface area contributed by atoms with Crippen LogP contribution >= 0.6 is 11.6 Å². The molecule has 0 bridgehead atoms. The van der Waals surface area contributed by atoms with E-state index in [1.54, 1.807) is 31.2 Å². The molecule has 0 atom stereocenters. The summed E-state index contributed by atoms with van der Waals surface area (Å²) >= 11 is 5.81. The molecular weight excluding hydrogens is 364 g/mol. The number of anilines is 1. The molecule has 0 saturated carbocycles. The molecule has 0 heterocycles. The van der Waals surface area contributed by atoms with Crippen molar-refractivity contribution in [1.29, 1.82) is 0 Å². The number of hydrogen-bond donors (Lipinski definition) is 2. The molecule has 6 nitrogen and oxygen atoms in total. The third-order valence-corrected chi connectivity index (χ3v) is 4.90. The number of ether oxygens (including phenoxy) is 1. The normalized spacial score (nSPS) is 11.2. The SMILES string of the molecule is CCOc1ccc(S(=O)(=O)NCc2ccc(Cl)cc2)cc1NC(C)=O. The van der Waals surface area contributed by atoms with E-state index < -0.39 is 10.0 Å². The van der Waals surface area contributed by atoms with E-state index in [0.717, 1.165) is 5.56 Å². The summed E-state index contributed by atoms with van der Waals surface area (Å²) in [4.78, 5) is 11.4. The van der Waals surface area contributed by atoms with E-state index in [0.29, 0.717) is 23.1 Å². The highest BCUT2D eigenvalue weighted by Gasteiger charge is 2.17. The van der Waals surface area contributed by atoms with E-state index in [-0.39, 0.29) is 17.3 Å². The van der Waals surface area contributed by atoms with Crippen LogP contribution in [0.4, 0.5) is 5.69 Å². The molecule has 0 spiro atoms. The second-order valence-electron chi connectivity index (χ2n) is 5.22. The first-order valence-corrected chi connectivity index (χ1v) is 9.46. The molecule has 1 amide bonds. The van der Waals surface area contributed by atoms with Crippen molar-refractivity contribution in [2.75, 3.05) is 11.9 Å². The van der Waals surface area contributed by atoms with Gasteiger partial charge in [0.25, 0.3) is 0 Å². The van der Waals surface area contributed by atoms with Gasteiger partial charge in [0.2, 0.25) is 15.9 Å². The van der Waals surface area contributed by atoms with Crippen molar-refractivity contribution >= 4 is 33.2 Å². The van der Waals surface area contributed by atoms with Crippen LogP contribution < -0.4 is 14.8 Å². The number of carbonyl (C=O) groups excluding carboxylic acids is 1. The Labute approximate surface area is 152 Å². The van der Waals surface area contributed by atoms with Gasteiger partial charge in [0.15, 0.2) is 0 Å². The standard InChI is InChI=1S/C17H19ClN2O4S/c1-3-24-17-9-8-15(10-16(17)20-12(2)21)25(22,23)19-11-13-4-6-14(18)7-5-13/h4-10,19H,3,11H2,1-2H3,(H,20,21). The molecule has 2 rings (SSSR count). The summed E-state index contributed by atoms with van der Waals surface area (Å²) in [5.41, 5.74) is 1.09. The number of hydrogen-bond acceptors (Lipinski definition) is 4. The fourth-order valence-corrected chi connectivity index (χ4v) is 3.28. The highest BCUT2D eigenvalue weighted by molar-refractivity contribution is 7.89. The van der Waals surface area contributed by atoms with Crippen LogP contribution in [0, 0.1) is 0 Å². The smallest absolute Gasteiger partial charge is 0.240 e. The summed E-state index contributed by atoms with van der Waals surface area (Å²) in [5, 5.41) is 3.16. The molecule has 0 aliphatic carbocycles. The monoisotopic (exact) mass is 382 g/mol. The maximum atomic E-state index is 12.5. The van der Waals surface area contributed by atoms with E-state index >= 15 is 0 Å². The number of rotatable bonds is 7. The van der Waals surface area contributed by atoms with Crippen LogP contribution in [-0.2, 0) is 21.4 Å². The van der Waals surface area contributed by atoms with Crippen LogP contribution in [0.15, 0.2) is 47.4 Å². The summed E-state index contributed by atoms with van der Waals surface area (Å²) in [6.07, 6.45) is 0. The molecule has 134 valence electrons. The number of benzene rings is 2. The van der Waals surface area contributed by atoms with Crippen molar-refractivity contribution in [2.45, 2.75) is 25.3 Å². The molecule has 8 heteroatoms. The highest BCUT2D eigenvalue weighted by Crippen LogP contribution is 2.28. The molecule has 0 fully saturated rings. The number of nitrogens with one attached hydrogen (secondary N) is 2. The van der Waals surface area contributed by atoms with E-state index in [1.165, 1.54) is 25.1 Å². The van der Waals surface area contributed by atoms with Gasteiger partial charge in [-0.15, -0.1) is 0 Å². The molecule has 0 saturated heterocycles. The molecule has 0 radical (unpaired) electrons. The zero-order valence-electron chi connectivity index (χ0n) is 13.9. The largest absolute Gasteiger partial charge is 0.492 e. The second-order valence-corrected chi connectivity index (χ2v) is 7.43. The van der Waals surface area contributed by atoms with Gasteiger partial charge in [0.1, 0.15) is 5.75 Å². The van der Waals surface area contributed by atoms with Crippen LogP contribution in [0.25, 0.3) is 0 Å². The van der Waals surface area contributed by atoms with Crippen molar-refractivity contribution < 1.29 is 17.9 Å². The zero-order valence-corrected chi connectivity index (χ0v) is 15.4. The minimum atomic E-state index is -3.75. The second kappa shape index (κ2) is 8.33. The summed E-state index contributed by atoms with van der Waals surface area (Å²) in [6, 6.07) is 11.2. The van der Waals surface area contributed by atoms with Crippen molar-refractivity contribution in [2.24, 2.45) is 0 Å². The number of sulfonamides is 1. The molecule has 0 aromatic heterocycles. The predicted octanol–water partition coefficient (Wildman–Crippen LogP) is 3.18. The Morgan fingerprint density at radius 1 is 1.16 bits per heavy atom. The Bertz CT molecular complexity index is 851. The van der Waals surface area contributed by atoms with Crippen molar-refractivity contribution in [3.8, 4) is 5.75 Å². The Morgan fingerprint density at radius 2 is 1.84 bits per heavy atom. The minimum absolute atomic E-state index is 0.0358. The first-order valence-electron chi connectivity index (χ1n) is 7.60. The average Bonchev–Trinajstić information content (AvgIpc) is 2.55. The van der Waals surface area contributed by atoms with Gasteiger partial charge in [-0.3, -0.25) is 4.79 Å². The van der Waals surface area contributed by atoms with Crippen LogP contribution in [0.1, 0.15) is 19.4 Å². The van der Waals surface area contributed by atoms with Crippen LogP contribution in [0.5, 0.6) is 5.75 Å². The lowest BCUT2D eigenvalue weighted by molar-refractivity contribution is -0.114. The van der Waals surface area contributed by atoms with E-state index in [4.69, 9.17) is 16.3 Å². The molecule has 25 heavy (non-hydrogen) atoms. The van der Waals surface area contributed by atoms with E-state index in [2.05, 4.69) is 10.0 Å². The van der Waals surface area contributed by atoms with Gasteiger partial charge < -0.3 is 10.1 Å². The summed E-state index contributed by atoms with van der Waals surface area (Å²) in [5.74, 6) is 0.0963. The van der Waals surface area contributed by atoms with Crippen LogP contribution in [0.2, 0.25) is 5.02 Å². The topological polar surface area (TPSA) is 84.5 Å². The zero-order chi connectivity index (χ0) is 18.4. The van der Waals surface area contributed by atoms with Crippen LogP contribution in [-0.4, -0.2) is 20.9 Å². The third-order valence-electron chi connectivity index (χ3n) is 3.25.